The van der Waals surface area contributed by atoms with Gasteiger partial charge >= 0.3 is 6.01 Å². The van der Waals surface area contributed by atoms with Crippen LogP contribution in [0.25, 0.3) is 22.3 Å². The zero-order chi connectivity index (χ0) is 21.1. The average molecular weight is 403 g/mol. The first kappa shape index (κ1) is 19.3. The van der Waals surface area contributed by atoms with Crippen LogP contribution in [-0.2, 0) is 0 Å². The number of aromatic nitrogens is 4. The highest BCUT2D eigenvalue weighted by Gasteiger charge is 2.14. The maximum Gasteiger partial charge on any atom is 0.319 e. The molecule has 0 atom stereocenters. The molecule has 4 aromatic rings. The first-order valence-electron chi connectivity index (χ1n) is 9.07. The van der Waals surface area contributed by atoms with E-state index in [-0.39, 0.29) is 11.9 Å². The normalized spacial score (nSPS) is 10.6. The number of anilines is 1. The van der Waals surface area contributed by atoms with E-state index in [2.05, 4.69) is 19.9 Å². The standard InChI is InChI=1S/C22H18FN5O2/c1-13-9-17(20(24)26-11-13)14-3-5-16(6-4-14)30-21-18(12-27-22(28-21)29-2)15-7-8-25-19(23)10-15/h3-12H,1-2H3,(H2,24,26). The Bertz CT molecular complexity index is 1200. The van der Waals surface area contributed by atoms with E-state index in [1.807, 2.05) is 25.1 Å². The molecule has 3 heterocycles. The Morgan fingerprint density at radius 1 is 0.900 bits per heavy atom. The van der Waals surface area contributed by atoms with Crippen LogP contribution < -0.4 is 15.2 Å². The first-order valence-corrected chi connectivity index (χ1v) is 9.07. The molecule has 3 aromatic heterocycles. The zero-order valence-electron chi connectivity index (χ0n) is 16.3. The molecule has 0 bridgehead atoms. The maximum absolute atomic E-state index is 13.6. The van der Waals surface area contributed by atoms with Gasteiger partial charge in [0.1, 0.15) is 11.6 Å². The fraction of sp³-hybridized carbons (Fsp3) is 0.0909. The van der Waals surface area contributed by atoms with Crippen molar-refractivity contribution in [3.63, 3.8) is 0 Å². The summed E-state index contributed by atoms with van der Waals surface area (Å²) < 4.78 is 24.7. The fourth-order valence-corrected chi connectivity index (χ4v) is 2.92. The minimum atomic E-state index is -0.608. The molecule has 0 aliphatic rings. The lowest BCUT2D eigenvalue weighted by molar-refractivity contribution is 0.367. The summed E-state index contributed by atoms with van der Waals surface area (Å²) in [5, 5.41) is 0. The average Bonchev–Trinajstić information content (AvgIpc) is 2.76. The van der Waals surface area contributed by atoms with Crippen molar-refractivity contribution in [3.05, 3.63) is 72.6 Å². The quantitative estimate of drug-likeness (QED) is 0.492. The lowest BCUT2D eigenvalue weighted by Gasteiger charge is -2.12. The van der Waals surface area contributed by atoms with Gasteiger partial charge in [0.15, 0.2) is 0 Å². The number of nitrogen functional groups attached to an aromatic ring is 1. The van der Waals surface area contributed by atoms with Crippen LogP contribution in [0.4, 0.5) is 10.2 Å². The van der Waals surface area contributed by atoms with Gasteiger partial charge in [0.2, 0.25) is 11.8 Å². The summed E-state index contributed by atoms with van der Waals surface area (Å²) in [4.78, 5) is 16.1. The second-order valence-corrected chi connectivity index (χ2v) is 6.51. The van der Waals surface area contributed by atoms with Crippen molar-refractivity contribution in [1.82, 2.24) is 19.9 Å². The summed E-state index contributed by atoms with van der Waals surface area (Å²) in [5.74, 6) is 0.617. The third kappa shape index (κ3) is 4.02. The number of aryl methyl sites for hydroxylation is 1. The number of rotatable bonds is 5. The number of methoxy groups -OCH3 is 1. The second-order valence-electron chi connectivity index (χ2n) is 6.51. The summed E-state index contributed by atoms with van der Waals surface area (Å²) in [6, 6.07) is 12.4. The third-order valence-electron chi connectivity index (χ3n) is 4.39. The fourth-order valence-electron chi connectivity index (χ4n) is 2.92. The van der Waals surface area contributed by atoms with Crippen molar-refractivity contribution in [2.24, 2.45) is 0 Å². The predicted octanol–water partition coefficient (Wildman–Crippen LogP) is 4.43. The third-order valence-corrected chi connectivity index (χ3v) is 4.39. The minimum absolute atomic E-state index is 0.138. The molecular weight excluding hydrogens is 385 g/mol. The SMILES string of the molecule is COc1ncc(-c2ccnc(F)c2)c(Oc2ccc(-c3cc(C)cnc3N)cc2)n1. The van der Waals surface area contributed by atoms with Crippen molar-refractivity contribution in [2.45, 2.75) is 6.92 Å². The summed E-state index contributed by atoms with van der Waals surface area (Å²) >= 11 is 0. The van der Waals surface area contributed by atoms with Crippen molar-refractivity contribution in [3.8, 4) is 39.9 Å². The largest absolute Gasteiger partial charge is 0.467 e. The van der Waals surface area contributed by atoms with E-state index in [1.54, 1.807) is 24.4 Å². The lowest BCUT2D eigenvalue weighted by Crippen LogP contribution is -1.98. The van der Waals surface area contributed by atoms with Gasteiger partial charge in [-0.3, -0.25) is 0 Å². The monoisotopic (exact) mass is 403 g/mol. The molecule has 1 aromatic carbocycles. The van der Waals surface area contributed by atoms with Gasteiger partial charge in [-0.25, -0.2) is 15.0 Å². The van der Waals surface area contributed by atoms with Crippen LogP contribution in [0.2, 0.25) is 0 Å². The summed E-state index contributed by atoms with van der Waals surface area (Å²) in [7, 11) is 1.46. The van der Waals surface area contributed by atoms with Crippen LogP contribution in [0.3, 0.4) is 0 Å². The summed E-state index contributed by atoms with van der Waals surface area (Å²) in [5.41, 5.74) is 9.82. The number of nitrogens with two attached hydrogens (primary N) is 1. The molecule has 0 spiro atoms. The van der Waals surface area contributed by atoms with Crippen molar-refractivity contribution < 1.29 is 13.9 Å². The molecule has 0 aliphatic heterocycles. The number of nitrogens with zero attached hydrogens (tertiary/aromatic N) is 4. The maximum atomic E-state index is 13.6. The molecule has 0 fully saturated rings. The number of pyridine rings is 2. The molecule has 8 heteroatoms. The van der Waals surface area contributed by atoms with E-state index in [1.165, 1.54) is 25.6 Å². The number of halogens is 1. The molecule has 150 valence electrons. The lowest BCUT2D eigenvalue weighted by atomic mass is 10.1. The Kier molecular flexibility index (Phi) is 5.21. The van der Waals surface area contributed by atoms with E-state index in [9.17, 15) is 4.39 Å². The molecule has 0 unspecified atom stereocenters. The molecule has 4 rings (SSSR count). The van der Waals surface area contributed by atoms with Crippen molar-refractivity contribution in [1.29, 1.82) is 0 Å². The number of hydrogen-bond donors (Lipinski definition) is 1. The van der Waals surface area contributed by atoms with Crippen LogP contribution in [0.5, 0.6) is 17.6 Å². The highest BCUT2D eigenvalue weighted by atomic mass is 19.1. The summed E-state index contributed by atoms with van der Waals surface area (Å²) in [6.07, 6.45) is 4.61. The van der Waals surface area contributed by atoms with Gasteiger partial charge in [-0.1, -0.05) is 12.1 Å². The van der Waals surface area contributed by atoms with Crippen LogP contribution in [0, 0.1) is 12.9 Å². The molecular formula is C22H18FN5O2. The second kappa shape index (κ2) is 8.12. The molecule has 0 saturated carbocycles. The van der Waals surface area contributed by atoms with Crippen LogP contribution in [-0.4, -0.2) is 27.0 Å². The Balaban J connectivity index is 1.68. The Labute approximate surface area is 172 Å². The van der Waals surface area contributed by atoms with Crippen molar-refractivity contribution in [2.75, 3.05) is 12.8 Å². The van der Waals surface area contributed by atoms with Crippen molar-refractivity contribution >= 4 is 5.82 Å². The van der Waals surface area contributed by atoms with Gasteiger partial charge in [-0.15, -0.1) is 0 Å². The smallest absolute Gasteiger partial charge is 0.319 e. The van der Waals surface area contributed by atoms with Gasteiger partial charge < -0.3 is 15.2 Å². The number of ether oxygens (including phenoxy) is 2. The highest BCUT2D eigenvalue weighted by Crippen LogP contribution is 2.34. The first-order chi connectivity index (χ1) is 14.5. The van der Waals surface area contributed by atoms with Crippen LogP contribution >= 0.6 is 0 Å². The highest BCUT2D eigenvalue weighted by molar-refractivity contribution is 5.74. The van der Waals surface area contributed by atoms with Gasteiger partial charge in [0, 0.05) is 30.2 Å². The summed E-state index contributed by atoms with van der Waals surface area (Å²) in [6.45, 7) is 1.96. The van der Waals surface area contributed by atoms with E-state index >= 15 is 0 Å². The Morgan fingerprint density at radius 3 is 2.43 bits per heavy atom. The molecule has 30 heavy (non-hydrogen) atoms. The van der Waals surface area contributed by atoms with Gasteiger partial charge in [0.05, 0.1) is 12.7 Å². The Hall–Kier alpha value is -4.07. The zero-order valence-corrected chi connectivity index (χ0v) is 16.3. The van der Waals surface area contributed by atoms with Crippen LogP contribution in [0.15, 0.2) is 61.1 Å². The van der Waals surface area contributed by atoms with E-state index in [4.69, 9.17) is 15.2 Å². The molecule has 2 N–H and O–H groups in total. The topological polar surface area (TPSA) is 96.0 Å². The molecule has 0 radical (unpaired) electrons. The predicted molar refractivity (Wildman–Crippen MR) is 111 cm³/mol. The molecule has 0 saturated heterocycles. The van der Waals surface area contributed by atoms with Gasteiger partial charge in [-0.2, -0.15) is 9.37 Å². The molecule has 0 amide bonds. The van der Waals surface area contributed by atoms with E-state index in [0.717, 1.165) is 16.7 Å². The van der Waals surface area contributed by atoms with Gasteiger partial charge in [-0.05, 0) is 47.9 Å². The molecule has 7 nitrogen and oxygen atoms in total. The van der Waals surface area contributed by atoms with E-state index in [0.29, 0.717) is 22.7 Å². The Morgan fingerprint density at radius 2 is 1.70 bits per heavy atom. The number of hydrogen-bond acceptors (Lipinski definition) is 7. The van der Waals surface area contributed by atoms with Gasteiger partial charge in [0.25, 0.3) is 0 Å². The van der Waals surface area contributed by atoms with E-state index < -0.39 is 5.95 Å². The van der Waals surface area contributed by atoms with Crippen LogP contribution in [0.1, 0.15) is 5.56 Å². The number of benzene rings is 1. The minimum Gasteiger partial charge on any atom is -0.467 e. The molecule has 0 aliphatic carbocycles.